The number of hydrogen-bond donors (Lipinski definition) is 0. The Labute approximate surface area is 108 Å². The molecule has 0 atom stereocenters. The van der Waals surface area contributed by atoms with E-state index in [0.29, 0.717) is 22.4 Å². The third-order valence-corrected chi connectivity index (χ3v) is 2.93. The molecule has 3 aromatic rings. The molecule has 0 aliphatic heterocycles. The first kappa shape index (κ1) is 11.5. The number of aromatic nitrogens is 3. The van der Waals surface area contributed by atoms with E-state index >= 15 is 0 Å². The summed E-state index contributed by atoms with van der Waals surface area (Å²) >= 11 is 0. The van der Waals surface area contributed by atoms with Gasteiger partial charge in [0.1, 0.15) is 11.3 Å². The van der Waals surface area contributed by atoms with Crippen LogP contribution in [-0.4, -0.2) is 14.5 Å². The first-order valence-corrected chi connectivity index (χ1v) is 5.76. The van der Waals surface area contributed by atoms with Crippen molar-refractivity contribution in [1.29, 1.82) is 0 Å². The molecule has 0 aliphatic carbocycles. The molecule has 0 radical (unpaired) electrons. The fourth-order valence-corrected chi connectivity index (χ4v) is 1.92. The second-order valence-electron chi connectivity index (χ2n) is 4.21. The van der Waals surface area contributed by atoms with Crippen LogP contribution in [0.1, 0.15) is 5.56 Å². The summed E-state index contributed by atoms with van der Waals surface area (Å²) in [6.07, 6.45) is 2.78. The van der Waals surface area contributed by atoms with Gasteiger partial charge in [0.15, 0.2) is 5.65 Å². The first-order valence-electron chi connectivity index (χ1n) is 5.76. The summed E-state index contributed by atoms with van der Waals surface area (Å²) in [6.45, 7) is 1.67. The van der Waals surface area contributed by atoms with Gasteiger partial charge in [-0.1, -0.05) is 6.07 Å². The minimum atomic E-state index is -0.356. The van der Waals surface area contributed by atoms with E-state index in [4.69, 9.17) is 0 Å². The molecule has 2 aromatic heterocycles. The van der Waals surface area contributed by atoms with Crippen molar-refractivity contribution >= 4 is 11.2 Å². The second kappa shape index (κ2) is 4.28. The smallest absolute Gasteiger partial charge is 0.267 e. The van der Waals surface area contributed by atoms with Crippen molar-refractivity contribution in [2.45, 2.75) is 6.92 Å². The normalized spacial score (nSPS) is 10.8. The largest absolute Gasteiger partial charge is 0.275 e. The molecular weight excluding hydrogens is 245 g/mol. The standard InChI is InChI=1S/C14H10FN3O/c1-9-4-5-10(7-11(9)15)18-13(19)8-17-12-3-2-6-16-14(12)18/h2-8H,1H3. The molecule has 5 heteroatoms. The molecule has 0 amide bonds. The molecule has 1 aromatic carbocycles. The van der Waals surface area contributed by atoms with Crippen LogP contribution in [-0.2, 0) is 0 Å². The van der Waals surface area contributed by atoms with E-state index in [1.165, 1.54) is 16.8 Å². The van der Waals surface area contributed by atoms with Crippen molar-refractivity contribution < 1.29 is 4.39 Å². The number of fused-ring (bicyclic) bond motifs is 1. The Balaban J connectivity index is 2.38. The Morgan fingerprint density at radius 2 is 2.05 bits per heavy atom. The van der Waals surface area contributed by atoms with Gasteiger partial charge in [-0.05, 0) is 36.8 Å². The molecule has 0 spiro atoms. The maximum atomic E-state index is 13.6. The van der Waals surface area contributed by atoms with Crippen LogP contribution in [0.3, 0.4) is 0 Å². The van der Waals surface area contributed by atoms with Gasteiger partial charge in [0.2, 0.25) is 0 Å². The molecule has 3 rings (SSSR count). The lowest BCUT2D eigenvalue weighted by Gasteiger charge is -2.09. The lowest BCUT2D eigenvalue weighted by atomic mass is 10.2. The van der Waals surface area contributed by atoms with Crippen molar-refractivity contribution in [3.63, 3.8) is 0 Å². The second-order valence-corrected chi connectivity index (χ2v) is 4.21. The van der Waals surface area contributed by atoms with Crippen LogP contribution in [0.15, 0.2) is 47.5 Å². The molecule has 0 fully saturated rings. The summed E-state index contributed by atoms with van der Waals surface area (Å²) in [6, 6.07) is 8.13. The maximum absolute atomic E-state index is 13.6. The number of halogens is 1. The Morgan fingerprint density at radius 1 is 1.21 bits per heavy atom. The zero-order chi connectivity index (χ0) is 13.4. The molecule has 0 N–H and O–H groups in total. The summed E-state index contributed by atoms with van der Waals surface area (Å²) in [5, 5.41) is 0. The van der Waals surface area contributed by atoms with Gasteiger partial charge in [-0.3, -0.25) is 9.36 Å². The van der Waals surface area contributed by atoms with Crippen molar-refractivity contribution in [1.82, 2.24) is 14.5 Å². The Morgan fingerprint density at radius 3 is 2.84 bits per heavy atom. The highest BCUT2D eigenvalue weighted by molar-refractivity contribution is 5.71. The van der Waals surface area contributed by atoms with Crippen molar-refractivity contribution in [2.24, 2.45) is 0 Å². The predicted octanol–water partition coefficient (Wildman–Crippen LogP) is 2.23. The molecular formula is C14H10FN3O. The van der Waals surface area contributed by atoms with Crippen LogP contribution in [0, 0.1) is 12.7 Å². The molecule has 4 nitrogen and oxygen atoms in total. The molecule has 19 heavy (non-hydrogen) atoms. The van der Waals surface area contributed by atoms with Gasteiger partial charge in [-0.25, -0.2) is 14.4 Å². The van der Waals surface area contributed by atoms with Gasteiger partial charge in [-0.2, -0.15) is 0 Å². The van der Waals surface area contributed by atoms with Crippen molar-refractivity contribution in [2.75, 3.05) is 0 Å². The van der Waals surface area contributed by atoms with Crippen LogP contribution in [0.5, 0.6) is 0 Å². The molecule has 0 saturated heterocycles. The Bertz CT molecular complexity index is 826. The van der Waals surface area contributed by atoms with Gasteiger partial charge < -0.3 is 0 Å². The average molecular weight is 255 g/mol. The van der Waals surface area contributed by atoms with Crippen LogP contribution in [0.2, 0.25) is 0 Å². The monoisotopic (exact) mass is 255 g/mol. The van der Waals surface area contributed by atoms with E-state index in [1.807, 2.05) is 0 Å². The Hall–Kier alpha value is -2.56. The highest BCUT2D eigenvalue weighted by Crippen LogP contribution is 2.15. The summed E-state index contributed by atoms with van der Waals surface area (Å²) in [4.78, 5) is 20.1. The molecule has 2 heterocycles. The van der Waals surface area contributed by atoms with Gasteiger partial charge in [0.25, 0.3) is 5.56 Å². The van der Waals surface area contributed by atoms with Gasteiger partial charge in [0.05, 0.1) is 11.9 Å². The van der Waals surface area contributed by atoms with Crippen LogP contribution in [0.25, 0.3) is 16.9 Å². The van der Waals surface area contributed by atoms with Crippen LogP contribution < -0.4 is 5.56 Å². The summed E-state index contributed by atoms with van der Waals surface area (Å²) < 4.78 is 15.0. The highest BCUT2D eigenvalue weighted by Gasteiger charge is 2.08. The van der Waals surface area contributed by atoms with Gasteiger partial charge in [-0.15, -0.1) is 0 Å². The third kappa shape index (κ3) is 1.89. The lowest BCUT2D eigenvalue weighted by molar-refractivity contribution is 0.617. The fraction of sp³-hybridized carbons (Fsp3) is 0.0714. The molecule has 0 bridgehead atoms. The summed E-state index contributed by atoms with van der Waals surface area (Å²) in [5.41, 5.74) is 1.64. The average Bonchev–Trinajstić information content (AvgIpc) is 2.42. The zero-order valence-corrected chi connectivity index (χ0v) is 10.2. The van der Waals surface area contributed by atoms with Gasteiger partial charge in [0, 0.05) is 6.20 Å². The number of hydrogen-bond acceptors (Lipinski definition) is 3. The maximum Gasteiger partial charge on any atom is 0.275 e. The number of aryl methyl sites for hydroxylation is 1. The lowest BCUT2D eigenvalue weighted by Crippen LogP contribution is -2.19. The number of pyridine rings is 1. The minimum Gasteiger partial charge on any atom is -0.267 e. The van der Waals surface area contributed by atoms with E-state index in [9.17, 15) is 9.18 Å². The third-order valence-electron chi connectivity index (χ3n) is 2.93. The molecule has 0 aliphatic rings. The van der Waals surface area contributed by atoms with E-state index in [1.54, 1.807) is 37.4 Å². The predicted molar refractivity (Wildman–Crippen MR) is 69.8 cm³/mol. The van der Waals surface area contributed by atoms with E-state index in [0.717, 1.165) is 0 Å². The van der Waals surface area contributed by atoms with Crippen LogP contribution >= 0.6 is 0 Å². The van der Waals surface area contributed by atoms with E-state index < -0.39 is 0 Å². The zero-order valence-electron chi connectivity index (χ0n) is 10.2. The van der Waals surface area contributed by atoms with Crippen LogP contribution in [0.4, 0.5) is 4.39 Å². The molecule has 0 saturated carbocycles. The topological polar surface area (TPSA) is 47.8 Å². The minimum absolute atomic E-state index is 0.338. The summed E-state index contributed by atoms with van der Waals surface area (Å²) in [5.74, 6) is -0.356. The number of nitrogens with zero attached hydrogens (tertiary/aromatic N) is 3. The first-order chi connectivity index (χ1) is 9.16. The Kier molecular flexibility index (Phi) is 2.59. The SMILES string of the molecule is Cc1ccc(-n2c(=O)cnc3cccnc32)cc1F. The summed E-state index contributed by atoms with van der Waals surface area (Å²) in [7, 11) is 0. The number of rotatable bonds is 1. The highest BCUT2D eigenvalue weighted by atomic mass is 19.1. The quantitative estimate of drug-likeness (QED) is 0.670. The number of benzene rings is 1. The van der Waals surface area contributed by atoms with E-state index in [-0.39, 0.29) is 11.4 Å². The van der Waals surface area contributed by atoms with E-state index in [2.05, 4.69) is 9.97 Å². The fourth-order valence-electron chi connectivity index (χ4n) is 1.92. The van der Waals surface area contributed by atoms with Crippen molar-refractivity contribution in [3.05, 3.63) is 64.5 Å². The molecule has 0 unspecified atom stereocenters. The van der Waals surface area contributed by atoms with Gasteiger partial charge >= 0.3 is 0 Å². The molecule has 94 valence electrons. The van der Waals surface area contributed by atoms with Crippen molar-refractivity contribution in [3.8, 4) is 5.69 Å².